The first-order valence-electron chi connectivity index (χ1n) is 7.18. The monoisotopic (exact) mass is 268 g/mol. The fraction of sp³-hybridized carbons (Fsp3) is 0.412. The number of nitrogens with zero attached hydrogens (tertiary/aromatic N) is 1. The number of benzene rings is 1. The van der Waals surface area contributed by atoms with Crippen molar-refractivity contribution in [2.24, 2.45) is 5.92 Å². The van der Waals surface area contributed by atoms with Crippen LogP contribution in [-0.4, -0.2) is 11.9 Å². The molecule has 2 rings (SSSR count). The van der Waals surface area contributed by atoms with Crippen molar-refractivity contribution in [1.29, 1.82) is 5.26 Å². The topological polar surface area (TPSA) is 52.9 Å². The second kappa shape index (κ2) is 6.91. The lowest BCUT2D eigenvalue weighted by Crippen LogP contribution is -2.41. The van der Waals surface area contributed by atoms with E-state index < -0.39 is 0 Å². The fourth-order valence-electron chi connectivity index (χ4n) is 2.64. The van der Waals surface area contributed by atoms with Gasteiger partial charge >= 0.3 is 0 Å². The molecule has 1 aliphatic carbocycles. The van der Waals surface area contributed by atoms with Gasteiger partial charge in [0.1, 0.15) is 11.6 Å². The number of carbonyl (C=O) groups is 1. The van der Waals surface area contributed by atoms with Gasteiger partial charge in [-0.3, -0.25) is 4.79 Å². The number of nitrogens with one attached hydrogen (secondary N) is 1. The van der Waals surface area contributed by atoms with Crippen LogP contribution in [0.15, 0.2) is 35.9 Å². The highest BCUT2D eigenvalue weighted by molar-refractivity contribution is 6.01. The van der Waals surface area contributed by atoms with E-state index in [9.17, 15) is 10.1 Å². The van der Waals surface area contributed by atoms with Crippen molar-refractivity contribution in [2.45, 2.75) is 38.6 Å². The van der Waals surface area contributed by atoms with Crippen molar-refractivity contribution < 1.29 is 4.79 Å². The second-order valence-corrected chi connectivity index (χ2v) is 5.42. The molecule has 20 heavy (non-hydrogen) atoms. The SMILES string of the molecule is CC1CCCCC1NC(=O)C(C#N)=Cc1ccccc1. The van der Waals surface area contributed by atoms with E-state index in [-0.39, 0.29) is 17.5 Å². The average molecular weight is 268 g/mol. The first-order chi connectivity index (χ1) is 9.70. The summed E-state index contributed by atoms with van der Waals surface area (Å²) >= 11 is 0. The van der Waals surface area contributed by atoms with Crippen molar-refractivity contribution in [2.75, 3.05) is 0 Å². The van der Waals surface area contributed by atoms with Crippen molar-refractivity contribution >= 4 is 12.0 Å². The van der Waals surface area contributed by atoms with Gasteiger partial charge in [-0.15, -0.1) is 0 Å². The van der Waals surface area contributed by atoms with Crippen molar-refractivity contribution in [3.63, 3.8) is 0 Å². The van der Waals surface area contributed by atoms with E-state index in [2.05, 4.69) is 12.2 Å². The van der Waals surface area contributed by atoms with Gasteiger partial charge < -0.3 is 5.32 Å². The van der Waals surface area contributed by atoms with Crippen LogP contribution in [-0.2, 0) is 4.79 Å². The Morgan fingerprint density at radius 1 is 1.30 bits per heavy atom. The molecule has 2 atom stereocenters. The number of nitriles is 1. The van der Waals surface area contributed by atoms with Crippen LogP contribution in [0.2, 0.25) is 0 Å². The molecule has 0 saturated heterocycles. The molecule has 1 amide bonds. The summed E-state index contributed by atoms with van der Waals surface area (Å²) in [5.74, 6) is 0.236. The molecule has 0 spiro atoms. The molecule has 0 aliphatic heterocycles. The Morgan fingerprint density at radius 3 is 2.65 bits per heavy atom. The number of rotatable bonds is 3. The molecule has 0 aromatic heterocycles. The third kappa shape index (κ3) is 3.71. The van der Waals surface area contributed by atoms with Crippen molar-refractivity contribution in [3.05, 3.63) is 41.5 Å². The van der Waals surface area contributed by atoms with Crippen LogP contribution in [0.3, 0.4) is 0 Å². The largest absolute Gasteiger partial charge is 0.348 e. The lowest BCUT2D eigenvalue weighted by molar-refractivity contribution is -0.118. The maximum Gasteiger partial charge on any atom is 0.262 e. The molecular weight excluding hydrogens is 248 g/mol. The molecule has 1 saturated carbocycles. The van der Waals surface area contributed by atoms with Gasteiger partial charge in [-0.1, -0.05) is 50.1 Å². The molecule has 3 nitrogen and oxygen atoms in total. The molecule has 104 valence electrons. The average Bonchev–Trinajstić information content (AvgIpc) is 2.48. The number of carbonyl (C=O) groups excluding carboxylic acids is 1. The van der Waals surface area contributed by atoms with Gasteiger partial charge in [-0.2, -0.15) is 5.26 Å². The molecule has 1 N–H and O–H groups in total. The van der Waals surface area contributed by atoms with Gasteiger partial charge in [0.15, 0.2) is 0 Å². The summed E-state index contributed by atoms with van der Waals surface area (Å²) in [7, 11) is 0. The Balaban J connectivity index is 2.06. The zero-order valence-corrected chi connectivity index (χ0v) is 11.8. The summed E-state index contributed by atoms with van der Waals surface area (Å²) < 4.78 is 0. The van der Waals surface area contributed by atoms with Crippen LogP contribution in [0.1, 0.15) is 38.2 Å². The van der Waals surface area contributed by atoms with Gasteiger partial charge in [0.2, 0.25) is 0 Å². The zero-order valence-electron chi connectivity index (χ0n) is 11.8. The van der Waals surface area contributed by atoms with Gasteiger partial charge in [0, 0.05) is 6.04 Å². The standard InChI is InChI=1S/C17H20N2O/c1-13-7-5-6-10-16(13)19-17(20)15(12-18)11-14-8-3-2-4-9-14/h2-4,8-9,11,13,16H,5-7,10H2,1H3,(H,19,20). The summed E-state index contributed by atoms with van der Waals surface area (Å²) in [6.45, 7) is 2.16. The van der Waals surface area contributed by atoms with Gasteiger partial charge in [0.25, 0.3) is 5.91 Å². The molecule has 3 heteroatoms. The van der Waals surface area contributed by atoms with Crippen LogP contribution < -0.4 is 5.32 Å². The molecule has 2 unspecified atom stereocenters. The van der Waals surface area contributed by atoms with Crippen LogP contribution >= 0.6 is 0 Å². The number of hydrogen-bond donors (Lipinski definition) is 1. The lowest BCUT2D eigenvalue weighted by atomic mass is 9.86. The molecule has 1 fully saturated rings. The van der Waals surface area contributed by atoms with E-state index >= 15 is 0 Å². The smallest absolute Gasteiger partial charge is 0.262 e. The van der Waals surface area contributed by atoms with E-state index in [1.165, 1.54) is 6.42 Å². The molecular formula is C17H20N2O. The molecule has 0 heterocycles. The van der Waals surface area contributed by atoms with E-state index in [1.54, 1.807) is 6.08 Å². The first-order valence-corrected chi connectivity index (χ1v) is 7.18. The van der Waals surface area contributed by atoms with E-state index in [0.717, 1.165) is 24.8 Å². The highest BCUT2D eigenvalue weighted by Gasteiger charge is 2.23. The minimum atomic E-state index is -0.255. The minimum absolute atomic E-state index is 0.175. The van der Waals surface area contributed by atoms with Crippen molar-refractivity contribution in [1.82, 2.24) is 5.32 Å². The summed E-state index contributed by atoms with van der Waals surface area (Å²) in [5.41, 5.74) is 1.05. The van der Waals surface area contributed by atoms with Gasteiger partial charge in [0.05, 0.1) is 0 Å². The lowest BCUT2D eigenvalue weighted by Gasteiger charge is -2.29. The summed E-state index contributed by atoms with van der Waals surface area (Å²) in [4.78, 5) is 12.2. The number of hydrogen-bond acceptors (Lipinski definition) is 2. The summed E-state index contributed by atoms with van der Waals surface area (Å²) in [6.07, 6.45) is 6.19. The van der Waals surface area contributed by atoms with Crippen molar-refractivity contribution in [3.8, 4) is 6.07 Å². The van der Waals surface area contributed by atoms with Gasteiger partial charge in [-0.25, -0.2) is 0 Å². The third-order valence-electron chi connectivity index (χ3n) is 3.90. The Morgan fingerprint density at radius 2 is 2.00 bits per heavy atom. The van der Waals surface area contributed by atoms with E-state index in [4.69, 9.17) is 0 Å². The maximum absolute atomic E-state index is 12.2. The number of amides is 1. The second-order valence-electron chi connectivity index (χ2n) is 5.42. The Kier molecular flexibility index (Phi) is 4.95. The Hall–Kier alpha value is -2.08. The summed E-state index contributed by atoms with van der Waals surface area (Å²) in [5, 5.41) is 12.2. The summed E-state index contributed by atoms with van der Waals surface area (Å²) in [6, 6.07) is 11.7. The van der Waals surface area contributed by atoms with Crippen LogP contribution in [0, 0.1) is 17.2 Å². The van der Waals surface area contributed by atoms with Crippen LogP contribution in [0.25, 0.3) is 6.08 Å². The molecule has 0 radical (unpaired) electrons. The molecule has 0 bridgehead atoms. The fourth-order valence-corrected chi connectivity index (χ4v) is 2.64. The highest BCUT2D eigenvalue weighted by atomic mass is 16.1. The quantitative estimate of drug-likeness (QED) is 0.675. The van der Waals surface area contributed by atoms with Crippen LogP contribution in [0.5, 0.6) is 0 Å². The van der Waals surface area contributed by atoms with E-state index in [0.29, 0.717) is 5.92 Å². The minimum Gasteiger partial charge on any atom is -0.348 e. The molecule has 1 aromatic carbocycles. The normalized spacial score (nSPS) is 22.9. The van der Waals surface area contributed by atoms with E-state index in [1.807, 2.05) is 36.4 Å². The molecule has 1 aliphatic rings. The van der Waals surface area contributed by atoms with Gasteiger partial charge in [-0.05, 0) is 30.4 Å². The molecule has 1 aromatic rings. The maximum atomic E-state index is 12.2. The predicted molar refractivity (Wildman–Crippen MR) is 79.6 cm³/mol. The first kappa shape index (κ1) is 14.3. The predicted octanol–water partition coefficient (Wildman–Crippen LogP) is 3.29. The highest BCUT2D eigenvalue weighted by Crippen LogP contribution is 2.24. The zero-order chi connectivity index (χ0) is 14.4. The Labute approximate surface area is 120 Å². The third-order valence-corrected chi connectivity index (χ3v) is 3.90. The van der Waals surface area contributed by atoms with Crippen LogP contribution in [0.4, 0.5) is 0 Å². The Bertz CT molecular complexity index is 528.